The molecule has 0 bridgehead atoms. The fourth-order valence-corrected chi connectivity index (χ4v) is 2.60. The lowest BCUT2D eigenvalue weighted by molar-refractivity contribution is -0.142. The molecule has 0 unspecified atom stereocenters. The fraction of sp³-hybridized carbons (Fsp3) is 0.852. The summed E-state index contributed by atoms with van der Waals surface area (Å²) in [7, 11) is 1.35. The predicted molar refractivity (Wildman–Crippen MR) is 146 cm³/mol. The van der Waals surface area contributed by atoms with Crippen LogP contribution in [0.3, 0.4) is 0 Å². The first-order valence-electron chi connectivity index (χ1n) is 13.8. The van der Waals surface area contributed by atoms with E-state index in [0.29, 0.717) is 132 Å². The Morgan fingerprint density at radius 2 is 0.683 bits per heavy atom. The summed E-state index contributed by atoms with van der Waals surface area (Å²) < 4.78 is 63.1. The normalized spacial score (nSPS) is 11.0. The van der Waals surface area contributed by atoms with Crippen molar-refractivity contribution in [3.05, 3.63) is 12.7 Å². The average Bonchev–Trinajstić information content (AvgIpc) is 2.99. The maximum Gasteiger partial charge on any atom is 0.330 e. The van der Waals surface area contributed by atoms with Crippen LogP contribution in [0.2, 0.25) is 0 Å². The fourth-order valence-electron chi connectivity index (χ4n) is 2.60. The molecule has 0 spiro atoms. The van der Waals surface area contributed by atoms with Crippen molar-refractivity contribution in [1.29, 1.82) is 0 Å². The largest absolute Gasteiger partial charge is 0.469 e. The second-order valence-electron chi connectivity index (χ2n) is 7.82. The zero-order valence-electron chi connectivity index (χ0n) is 24.6. The molecular weight excluding hydrogens is 548 g/mol. The molecule has 0 heterocycles. The third-order valence-electron chi connectivity index (χ3n) is 4.66. The van der Waals surface area contributed by atoms with Gasteiger partial charge in [-0.3, -0.25) is 4.79 Å². The van der Waals surface area contributed by atoms with Gasteiger partial charge in [0, 0.05) is 6.08 Å². The molecule has 14 heteroatoms. The van der Waals surface area contributed by atoms with Crippen LogP contribution >= 0.6 is 0 Å². The van der Waals surface area contributed by atoms with Gasteiger partial charge in [0.15, 0.2) is 0 Å². The Balaban J connectivity index is 3.06. The van der Waals surface area contributed by atoms with E-state index in [1.54, 1.807) is 0 Å². The van der Waals surface area contributed by atoms with Crippen LogP contribution in [0.5, 0.6) is 0 Å². The van der Waals surface area contributed by atoms with Crippen LogP contribution in [-0.2, 0) is 66.4 Å². The van der Waals surface area contributed by atoms with Crippen molar-refractivity contribution < 1.29 is 66.4 Å². The van der Waals surface area contributed by atoms with E-state index in [4.69, 9.17) is 52.1 Å². The third-order valence-corrected chi connectivity index (χ3v) is 4.66. The Kier molecular flexibility index (Phi) is 33.0. The van der Waals surface area contributed by atoms with E-state index in [1.165, 1.54) is 7.11 Å². The molecule has 0 saturated heterocycles. The molecule has 0 radical (unpaired) electrons. The summed E-state index contributed by atoms with van der Waals surface area (Å²) in [6, 6.07) is 0. The highest BCUT2D eigenvalue weighted by Gasteiger charge is 1.99. The molecule has 0 aliphatic heterocycles. The number of ether oxygens (including phenoxy) is 12. The standard InChI is InChI=1S/C27H50O14/c1-3-26(28)41-25-24-40-23-22-39-21-20-38-19-18-37-17-16-36-15-14-35-13-12-34-11-10-33-9-8-32-7-6-31-5-4-27(29)30-2/h3H,1,4-25H2,2H3. The summed E-state index contributed by atoms with van der Waals surface area (Å²) in [4.78, 5) is 21.7. The minimum absolute atomic E-state index is 0.195. The molecule has 0 N–H and O–H groups in total. The van der Waals surface area contributed by atoms with Crippen molar-refractivity contribution in [2.24, 2.45) is 0 Å². The van der Waals surface area contributed by atoms with Crippen molar-refractivity contribution in [3.63, 3.8) is 0 Å². The van der Waals surface area contributed by atoms with Crippen molar-refractivity contribution in [2.75, 3.05) is 146 Å². The number of esters is 2. The molecule has 0 amide bonds. The lowest BCUT2D eigenvalue weighted by atomic mass is 10.5. The Morgan fingerprint density at radius 3 is 0.927 bits per heavy atom. The van der Waals surface area contributed by atoms with Gasteiger partial charge in [-0.15, -0.1) is 0 Å². The molecule has 0 aromatic carbocycles. The van der Waals surface area contributed by atoms with E-state index in [1.807, 2.05) is 0 Å². The zero-order chi connectivity index (χ0) is 29.9. The summed E-state index contributed by atoms with van der Waals surface area (Å²) in [6.45, 7) is 12.6. The van der Waals surface area contributed by atoms with E-state index < -0.39 is 5.97 Å². The smallest absolute Gasteiger partial charge is 0.330 e. The maximum absolute atomic E-state index is 10.9. The molecule has 0 fully saturated rings. The second kappa shape index (κ2) is 34.5. The van der Waals surface area contributed by atoms with E-state index in [0.717, 1.165) is 6.08 Å². The van der Waals surface area contributed by atoms with Gasteiger partial charge in [0.25, 0.3) is 0 Å². The number of hydrogen-bond acceptors (Lipinski definition) is 14. The highest BCUT2D eigenvalue weighted by Crippen LogP contribution is 1.89. The molecule has 0 aromatic heterocycles. The molecule has 0 rings (SSSR count). The van der Waals surface area contributed by atoms with Gasteiger partial charge in [-0.25, -0.2) is 4.79 Å². The van der Waals surface area contributed by atoms with Crippen molar-refractivity contribution in [3.8, 4) is 0 Å². The summed E-state index contributed by atoms with van der Waals surface area (Å²) in [5, 5.41) is 0. The summed E-state index contributed by atoms with van der Waals surface area (Å²) >= 11 is 0. The van der Waals surface area contributed by atoms with Gasteiger partial charge in [0.05, 0.1) is 146 Å². The molecular formula is C27H50O14. The molecule has 0 aliphatic carbocycles. The van der Waals surface area contributed by atoms with Crippen LogP contribution in [0.15, 0.2) is 12.7 Å². The monoisotopic (exact) mass is 598 g/mol. The second-order valence-corrected chi connectivity index (χ2v) is 7.82. The highest BCUT2D eigenvalue weighted by molar-refractivity contribution is 5.81. The minimum Gasteiger partial charge on any atom is -0.469 e. The quantitative estimate of drug-likeness (QED) is 0.0574. The van der Waals surface area contributed by atoms with E-state index >= 15 is 0 Å². The van der Waals surface area contributed by atoms with Crippen LogP contribution in [0, 0.1) is 0 Å². The molecule has 0 aromatic rings. The number of carbonyl (C=O) groups is 2. The molecule has 242 valence electrons. The van der Waals surface area contributed by atoms with Gasteiger partial charge in [-0.2, -0.15) is 0 Å². The molecule has 0 aliphatic rings. The van der Waals surface area contributed by atoms with Gasteiger partial charge in [0.1, 0.15) is 6.61 Å². The first-order valence-corrected chi connectivity index (χ1v) is 13.8. The number of carbonyl (C=O) groups excluding carboxylic acids is 2. The van der Waals surface area contributed by atoms with Crippen molar-refractivity contribution in [2.45, 2.75) is 6.42 Å². The zero-order valence-corrected chi connectivity index (χ0v) is 24.6. The van der Waals surface area contributed by atoms with Crippen LogP contribution < -0.4 is 0 Å². The number of rotatable bonds is 34. The Morgan fingerprint density at radius 1 is 0.439 bits per heavy atom. The number of methoxy groups -OCH3 is 1. The molecule has 0 atom stereocenters. The first-order chi connectivity index (χ1) is 20.2. The van der Waals surface area contributed by atoms with Crippen molar-refractivity contribution >= 4 is 11.9 Å². The van der Waals surface area contributed by atoms with Gasteiger partial charge in [-0.05, 0) is 0 Å². The lowest BCUT2D eigenvalue weighted by Crippen LogP contribution is -2.15. The van der Waals surface area contributed by atoms with Gasteiger partial charge in [0.2, 0.25) is 0 Å². The average molecular weight is 599 g/mol. The SMILES string of the molecule is C=CC(=O)OCCOCCOCCOCCOCCOCCOCCOCCOCCOCCOCCC(=O)OC. The first kappa shape index (κ1) is 39.3. The Hall–Kier alpha value is -1.72. The lowest BCUT2D eigenvalue weighted by Gasteiger charge is -2.09. The van der Waals surface area contributed by atoms with E-state index in [2.05, 4.69) is 11.3 Å². The van der Waals surface area contributed by atoms with Crippen LogP contribution in [0.25, 0.3) is 0 Å². The minimum atomic E-state index is -0.462. The molecule has 0 saturated carbocycles. The summed E-state index contributed by atoms with van der Waals surface area (Å²) in [5.74, 6) is -0.752. The summed E-state index contributed by atoms with van der Waals surface area (Å²) in [6.07, 6.45) is 1.35. The molecule has 14 nitrogen and oxygen atoms in total. The number of hydrogen-bond donors (Lipinski definition) is 0. The Bertz CT molecular complexity index is 578. The van der Waals surface area contributed by atoms with Crippen LogP contribution in [0.1, 0.15) is 6.42 Å². The third kappa shape index (κ3) is 34.4. The van der Waals surface area contributed by atoms with Gasteiger partial charge >= 0.3 is 11.9 Å². The van der Waals surface area contributed by atoms with Gasteiger partial charge in [-0.1, -0.05) is 6.58 Å². The summed E-state index contributed by atoms with van der Waals surface area (Å²) in [5.41, 5.74) is 0. The van der Waals surface area contributed by atoms with Crippen LogP contribution in [-0.4, -0.2) is 158 Å². The topological polar surface area (TPSA) is 145 Å². The van der Waals surface area contributed by atoms with E-state index in [-0.39, 0.29) is 19.0 Å². The van der Waals surface area contributed by atoms with Gasteiger partial charge < -0.3 is 56.8 Å². The van der Waals surface area contributed by atoms with E-state index in [9.17, 15) is 9.59 Å². The highest BCUT2D eigenvalue weighted by atomic mass is 16.6. The van der Waals surface area contributed by atoms with Crippen molar-refractivity contribution in [1.82, 2.24) is 0 Å². The van der Waals surface area contributed by atoms with Crippen LogP contribution in [0.4, 0.5) is 0 Å². The Labute approximate surface area is 243 Å². The molecule has 41 heavy (non-hydrogen) atoms. The predicted octanol–water partition coefficient (Wildman–Crippen LogP) is 0.445. The maximum atomic E-state index is 10.9.